The number of benzene rings is 2. The predicted octanol–water partition coefficient (Wildman–Crippen LogP) is 4.24. The van der Waals surface area contributed by atoms with Gasteiger partial charge in [0.05, 0.1) is 10.7 Å². The Morgan fingerprint density at radius 3 is 2.67 bits per heavy atom. The van der Waals surface area contributed by atoms with Gasteiger partial charge in [0.1, 0.15) is 11.6 Å². The van der Waals surface area contributed by atoms with Gasteiger partial charge in [-0.25, -0.2) is 14.2 Å². The zero-order chi connectivity index (χ0) is 19.4. The average molecular weight is 389 g/mol. The molecule has 0 spiro atoms. The van der Waals surface area contributed by atoms with Gasteiger partial charge in [-0.05, 0) is 37.3 Å². The Hall–Kier alpha value is -3.19. The Bertz CT molecular complexity index is 989. The Morgan fingerprint density at radius 1 is 1.22 bits per heavy atom. The maximum Gasteiger partial charge on any atom is 0.361 e. The fourth-order valence-corrected chi connectivity index (χ4v) is 2.48. The fraction of sp³-hybridized carbons (Fsp3) is 0.105. The molecule has 2 aromatic carbocycles. The summed E-state index contributed by atoms with van der Waals surface area (Å²) in [6.07, 6.45) is 0. The lowest BCUT2D eigenvalue weighted by molar-refractivity contribution is -0.119. The molecule has 0 aliphatic heterocycles. The minimum absolute atomic E-state index is 0.0125. The van der Waals surface area contributed by atoms with Crippen molar-refractivity contribution >= 4 is 29.2 Å². The largest absolute Gasteiger partial charge is 0.451 e. The number of esters is 1. The van der Waals surface area contributed by atoms with Gasteiger partial charge in [-0.3, -0.25) is 4.79 Å². The Morgan fingerprint density at radius 2 is 1.96 bits per heavy atom. The number of aromatic nitrogens is 1. The zero-order valence-corrected chi connectivity index (χ0v) is 14.9. The average Bonchev–Trinajstić information content (AvgIpc) is 3.05. The van der Waals surface area contributed by atoms with E-state index in [1.807, 2.05) is 18.2 Å². The molecule has 0 radical (unpaired) electrons. The molecule has 138 valence electrons. The first-order chi connectivity index (χ1) is 12.9. The number of carbonyl (C=O) groups is 2. The Balaban J connectivity index is 1.62. The van der Waals surface area contributed by atoms with E-state index in [4.69, 9.17) is 20.8 Å². The van der Waals surface area contributed by atoms with E-state index in [0.29, 0.717) is 5.56 Å². The molecule has 0 fully saturated rings. The van der Waals surface area contributed by atoms with Crippen molar-refractivity contribution in [1.29, 1.82) is 0 Å². The summed E-state index contributed by atoms with van der Waals surface area (Å²) in [6.45, 7) is 1.02. The molecule has 3 rings (SSSR count). The lowest BCUT2D eigenvalue weighted by atomic mass is 10.2. The van der Waals surface area contributed by atoms with Crippen molar-refractivity contribution in [3.8, 4) is 11.5 Å². The highest BCUT2D eigenvalue weighted by molar-refractivity contribution is 6.33. The van der Waals surface area contributed by atoms with E-state index in [1.54, 1.807) is 19.1 Å². The zero-order valence-electron chi connectivity index (χ0n) is 14.2. The number of hydrogen-bond donors (Lipinski definition) is 1. The van der Waals surface area contributed by atoms with Crippen LogP contribution in [-0.4, -0.2) is 23.5 Å². The van der Waals surface area contributed by atoms with Gasteiger partial charge in [-0.15, -0.1) is 0 Å². The number of ether oxygens (including phenoxy) is 1. The van der Waals surface area contributed by atoms with Gasteiger partial charge in [-0.1, -0.05) is 29.8 Å². The van der Waals surface area contributed by atoms with Gasteiger partial charge in [0.25, 0.3) is 5.91 Å². The van der Waals surface area contributed by atoms with Crippen LogP contribution >= 0.6 is 11.6 Å². The number of carbonyl (C=O) groups excluding carboxylic acids is 2. The number of hydrogen-bond acceptors (Lipinski definition) is 5. The quantitative estimate of drug-likeness (QED) is 0.661. The third-order valence-electron chi connectivity index (χ3n) is 3.55. The number of anilines is 1. The Kier molecular flexibility index (Phi) is 5.52. The standard InChI is InChI=1S/C19H14ClFN2O4/c1-11-17(23-18(27-11)12-5-3-2-4-6-12)19(25)26-10-16(24)22-15-8-7-13(21)9-14(15)20/h2-9H,10H2,1H3,(H,22,24). The molecule has 0 unspecified atom stereocenters. The van der Waals surface area contributed by atoms with E-state index in [9.17, 15) is 14.0 Å². The summed E-state index contributed by atoms with van der Waals surface area (Å²) in [5, 5.41) is 2.47. The van der Waals surface area contributed by atoms with Crippen LogP contribution in [0.15, 0.2) is 52.9 Å². The normalized spacial score (nSPS) is 10.5. The highest BCUT2D eigenvalue weighted by Gasteiger charge is 2.20. The van der Waals surface area contributed by atoms with Crippen LogP contribution in [-0.2, 0) is 9.53 Å². The first-order valence-corrected chi connectivity index (χ1v) is 8.26. The molecule has 27 heavy (non-hydrogen) atoms. The number of aryl methyl sites for hydroxylation is 1. The predicted molar refractivity (Wildman–Crippen MR) is 97.0 cm³/mol. The van der Waals surface area contributed by atoms with Crippen molar-refractivity contribution < 1.29 is 23.1 Å². The summed E-state index contributed by atoms with van der Waals surface area (Å²) in [5.74, 6) is -1.39. The first kappa shape index (κ1) is 18.6. The van der Waals surface area contributed by atoms with Gasteiger partial charge in [-0.2, -0.15) is 0 Å². The molecule has 0 aliphatic carbocycles. The topological polar surface area (TPSA) is 81.4 Å². The number of nitrogens with zero attached hydrogens (tertiary/aromatic N) is 1. The molecule has 6 nitrogen and oxygen atoms in total. The van der Waals surface area contributed by atoms with Gasteiger partial charge in [0.15, 0.2) is 12.3 Å². The molecule has 1 amide bonds. The molecule has 0 saturated heterocycles. The third-order valence-corrected chi connectivity index (χ3v) is 3.86. The van der Waals surface area contributed by atoms with E-state index in [2.05, 4.69) is 10.3 Å². The van der Waals surface area contributed by atoms with Crippen LogP contribution in [0.3, 0.4) is 0 Å². The van der Waals surface area contributed by atoms with Crippen molar-refractivity contribution in [2.75, 3.05) is 11.9 Å². The summed E-state index contributed by atoms with van der Waals surface area (Å²) in [6, 6.07) is 12.6. The number of nitrogens with one attached hydrogen (secondary N) is 1. The van der Waals surface area contributed by atoms with Crippen LogP contribution in [0.5, 0.6) is 0 Å². The van der Waals surface area contributed by atoms with Crippen molar-refractivity contribution in [3.63, 3.8) is 0 Å². The maximum atomic E-state index is 13.0. The van der Waals surface area contributed by atoms with Gasteiger partial charge in [0, 0.05) is 5.56 Å². The molecule has 0 atom stereocenters. The van der Waals surface area contributed by atoms with Crippen molar-refractivity contribution in [2.45, 2.75) is 6.92 Å². The molecular formula is C19H14ClFN2O4. The summed E-state index contributed by atoms with van der Waals surface area (Å²) in [4.78, 5) is 28.2. The molecule has 1 aromatic heterocycles. The minimum Gasteiger partial charge on any atom is -0.451 e. The molecule has 1 heterocycles. The van der Waals surface area contributed by atoms with E-state index in [0.717, 1.165) is 12.1 Å². The molecule has 8 heteroatoms. The molecular weight excluding hydrogens is 375 g/mol. The summed E-state index contributed by atoms with van der Waals surface area (Å²) >= 11 is 5.83. The molecule has 3 aromatic rings. The maximum absolute atomic E-state index is 13.0. The highest BCUT2D eigenvalue weighted by atomic mass is 35.5. The molecule has 0 bridgehead atoms. The number of oxazole rings is 1. The molecule has 1 N–H and O–H groups in total. The van der Waals surface area contributed by atoms with Crippen LogP contribution < -0.4 is 5.32 Å². The van der Waals surface area contributed by atoms with Gasteiger partial charge >= 0.3 is 5.97 Å². The van der Waals surface area contributed by atoms with Crippen molar-refractivity contribution in [2.24, 2.45) is 0 Å². The monoisotopic (exact) mass is 388 g/mol. The number of rotatable bonds is 5. The van der Waals surface area contributed by atoms with Gasteiger partial charge in [0.2, 0.25) is 5.89 Å². The fourth-order valence-electron chi connectivity index (χ4n) is 2.27. The Labute approximate surface area is 158 Å². The first-order valence-electron chi connectivity index (χ1n) is 7.89. The summed E-state index contributed by atoms with van der Waals surface area (Å²) in [7, 11) is 0. The third kappa shape index (κ3) is 4.51. The van der Waals surface area contributed by atoms with E-state index < -0.39 is 24.3 Å². The lowest BCUT2D eigenvalue weighted by Gasteiger charge is -2.07. The minimum atomic E-state index is -0.793. The van der Waals surface area contributed by atoms with Crippen LogP contribution in [0.25, 0.3) is 11.5 Å². The van der Waals surface area contributed by atoms with Crippen LogP contribution in [0, 0.1) is 12.7 Å². The second kappa shape index (κ2) is 8.01. The van der Waals surface area contributed by atoms with E-state index in [1.165, 1.54) is 6.07 Å². The van der Waals surface area contributed by atoms with Crippen molar-refractivity contribution in [1.82, 2.24) is 4.98 Å². The van der Waals surface area contributed by atoms with Crippen molar-refractivity contribution in [3.05, 3.63) is 70.8 Å². The second-order valence-corrected chi connectivity index (χ2v) is 5.95. The second-order valence-electron chi connectivity index (χ2n) is 5.54. The molecule has 0 aliphatic rings. The summed E-state index contributed by atoms with van der Waals surface area (Å²) < 4.78 is 23.5. The SMILES string of the molecule is Cc1oc(-c2ccccc2)nc1C(=O)OCC(=O)Nc1ccc(F)cc1Cl. The molecule has 0 saturated carbocycles. The van der Waals surface area contributed by atoms with E-state index in [-0.39, 0.29) is 28.1 Å². The summed E-state index contributed by atoms with van der Waals surface area (Å²) in [5.41, 5.74) is 0.910. The van der Waals surface area contributed by atoms with Gasteiger partial charge < -0.3 is 14.5 Å². The smallest absolute Gasteiger partial charge is 0.361 e. The number of halogens is 2. The van der Waals surface area contributed by atoms with E-state index >= 15 is 0 Å². The highest BCUT2D eigenvalue weighted by Crippen LogP contribution is 2.23. The van der Waals surface area contributed by atoms with Crippen LogP contribution in [0.1, 0.15) is 16.2 Å². The van der Waals surface area contributed by atoms with Crippen LogP contribution in [0.4, 0.5) is 10.1 Å². The number of amides is 1. The lowest BCUT2D eigenvalue weighted by Crippen LogP contribution is -2.21. The van der Waals surface area contributed by atoms with Crippen LogP contribution in [0.2, 0.25) is 5.02 Å².